The Hall–Kier alpha value is -2.42. The van der Waals surface area contributed by atoms with E-state index in [1.165, 1.54) is 13.3 Å². The summed E-state index contributed by atoms with van der Waals surface area (Å²) in [6.07, 6.45) is 0.707. The molecule has 29 heavy (non-hydrogen) atoms. The van der Waals surface area contributed by atoms with Crippen LogP contribution in [0.2, 0.25) is 0 Å². The van der Waals surface area contributed by atoms with Gasteiger partial charge in [-0.3, -0.25) is 4.79 Å². The Kier molecular flexibility index (Phi) is 7.78. The molecule has 1 unspecified atom stereocenters. The Labute approximate surface area is 179 Å². The third-order valence-corrected chi connectivity index (χ3v) is 5.07. The molecule has 0 radical (unpaired) electrons. The van der Waals surface area contributed by atoms with E-state index < -0.39 is 11.6 Å². The number of hydrogen-bond acceptors (Lipinski definition) is 6. The highest BCUT2D eigenvalue weighted by atomic mass is 79.9. The van der Waals surface area contributed by atoms with Crippen molar-refractivity contribution in [2.24, 2.45) is 10.8 Å². The second kappa shape index (κ2) is 9.87. The molecule has 156 valence electrons. The lowest BCUT2D eigenvalue weighted by atomic mass is 9.94. The zero-order chi connectivity index (χ0) is 21.6. The molecule has 0 bridgehead atoms. The number of ether oxygens (including phenoxy) is 3. The Morgan fingerprint density at radius 2 is 1.69 bits per heavy atom. The van der Waals surface area contributed by atoms with Crippen molar-refractivity contribution in [3.05, 3.63) is 57.6 Å². The lowest BCUT2D eigenvalue weighted by Crippen LogP contribution is -2.29. The summed E-state index contributed by atoms with van der Waals surface area (Å²) in [6, 6.07) is 11.0. The maximum Gasteiger partial charge on any atom is 0.273 e. The van der Waals surface area contributed by atoms with Gasteiger partial charge in [-0.25, -0.2) is 5.43 Å². The quantitative estimate of drug-likeness (QED) is 0.461. The van der Waals surface area contributed by atoms with Crippen LogP contribution in [0.15, 0.2) is 46.0 Å². The summed E-state index contributed by atoms with van der Waals surface area (Å²) in [5, 5.41) is 4.02. The van der Waals surface area contributed by atoms with Crippen LogP contribution < -0.4 is 20.6 Å². The number of nitrogens with two attached hydrogens (primary N) is 1. The van der Waals surface area contributed by atoms with E-state index in [-0.39, 0.29) is 5.91 Å². The van der Waals surface area contributed by atoms with Gasteiger partial charge >= 0.3 is 0 Å². The first-order valence-electron chi connectivity index (χ1n) is 8.87. The van der Waals surface area contributed by atoms with Crippen LogP contribution in [0, 0.1) is 0 Å². The van der Waals surface area contributed by atoms with Crippen molar-refractivity contribution < 1.29 is 19.0 Å². The van der Waals surface area contributed by atoms with Crippen LogP contribution in [0.25, 0.3) is 0 Å². The van der Waals surface area contributed by atoms with Crippen LogP contribution in [-0.4, -0.2) is 33.5 Å². The van der Waals surface area contributed by atoms with Crippen molar-refractivity contribution in [1.82, 2.24) is 5.43 Å². The standard InChI is InChI=1S/C21H26BrN3O4/c1-21(2,23)15-8-6-14(7-9-15)19(29-5)20(26)25-24-12-13-10-16(27-3)18(22)17(11-13)28-4/h6-12,19H,23H2,1-5H3,(H,25,26)/b24-12+. The van der Waals surface area contributed by atoms with E-state index in [9.17, 15) is 4.79 Å². The van der Waals surface area contributed by atoms with Gasteiger partial charge in [0.15, 0.2) is 6.10 Å². The third-order valence-electron chi connectivity index (χ3n) is 4.29. The molecule has 8 heteroatoms. The number of benzene rings is 2. The van der Waals surface area contributed by atoms with Crippen LogP contribution in [0.3, 0.4) is 0 Å². The van der Waals surface area contributed by atoms with Crippen LogP contribution in [0.1, 0.15) is 36.6 Å². The summed E-state index contributed by atoms with van der Waals surface area (Å²) in [5.74, 6) is 0.796. The average molecular weight is 464 g/mol. The van der Waals surface area contributed by atoms with E-state index in [1.807, 2.05) is 38.1 Å². The fourth-order valence-electron chi connectivity index (χ4n) is 2.68. The zero-order valence-corrected chi connectivity index (χ0v) is 18.7. The molecule has 7 nitrogen and oxygen atoms in total. The minimum absolute atomic E-state index is 0.389. The summed E-state index contributed by atoms with van der Waals surface area (Å²) in [4.78, 5) is 12.5. The number of hydrazone groups is 1. The van der Waals surface area contributed by atoms with Crippen molar-refractivity contribution in [1.29, 1.82) is 0 Å². The minimum Gasteiger partial charge on any atom is -0.495 e. The van der Waals surface area contributed by atoms with Gasteiger partial charge in [0.05, 0.1) is 20.4 Å². The molecule has 0 aliphatic heterocycles. The monoisotopic (exact) mass is 463 g/mol. The molecule has 2 rings (SSSR count). The van der Waals surface area contributed by atoms with E-state index in [0.717, 1.165) is 5.56 Å². The zero-order valence-electron chi connectivity index (χ0n) is 17.2. The molecule has 1 atom stereocenters. The number of amides is 1. The molecule has 2 aromatic rings. The Morgan fingerprint density at radius 1 is 1.14 bits per heavy atom. The van der Waals surface area contributed by atoms with Gasteiger partial charge in [-0.1, -0.05) is 24.3 Å². The maximum atomic E-state index is 12.5. The smallest absolute Gasteiger partial charge is 0.273 e. The fourth-order valence-corrected chi connectivity index (χ4v) is 3.23. The summed E-state index contributed by atoms with van der Waals surface area (Å²) >= 11 is 3.41. The van der Waals surface area contributed by atoms with E-state index >= 15 is 0 Å². The maximum absolute atomic E-state index is 12.5. The molecule has 0 aliphatic rings. The third kappa shape index (κ3) is 5.79. The van der Waals surface area contributed by atoms with Gasteiger partial charge in [0.2, 0.25) is 0 Å². The van der Waals surface area contributed by atoms with Gasteiger partial charge in [-0.05, 0) is 53.0 Å². The highest BCUT2D eigenvalue weighted by Crippen LogP contribution is 2.35. The number of rotatable bonds is 8. The van der Waals surface area contributed by atoms with Gasteiger partial charge in [-0.2, -0.15) is 5.10 Å². The SMILES string of the molecule is COc1cc(/C=N/NC(=O)C(OC)c2ccc(C(C)(C)N)cc2)cc(OC)c1Br. The molecule has 3 N–H and O–H groups in total. The van der Waals surface area contributed by atoms with Gasteiger partial charge in [-0.15, -0.1) is 0 Å². The number of hydrogen-bond donors (Lipinski definition) is 2. The molecule has 0 fully saturated rings. The molecule has 0 spiro atoms. The summed E-state index contributed by atoms with van der Waals surface area (Å²) in [6.45, 7) is 3.84. The molecule has 1 amide bonds. The summed E-state index contributed by atoms with van der Waals surface area (Å²) in [7, 11) is 4.59. The average Bonchev–Trinajstić information content (AvgIpc) is 2.69. The molecular weight excluding hydrogens is 438 g/mol. The Bertz CT molecular complexity index is 851. The first-order chi connectivity index (χ1) is 13.7. The normalized spacial score (nSPS) is 12.7. The Morgan fingerprint density at radius 3 is 2.14 bits per heavy atom. The summed E-state index contributed by atoms with van der Waals surface area (Å²) < 4.78 is 16.6. The van der Waals surface area contributed by atoms with Crippen molar-refractivity contribution in [2.75, 3.05) is 21.3 Å². The van der Waals surface area contributed by atoms with Crippen LogP contribution >= 0.6 is 15.9 Å². The second-order valence-electron chi connectivity index (χ2n) is 6.93. The molecule has 0 saturated carbocycles. The lowest BCUT2D eigenvalue weighted by molar-refractivity contribution is -0.131. The predicted octanol–water partition coefficient (Wildman–Crippen LogP) is 3.50. The van der Waals surface area contributed by atoms with Gasteiger partial charge < -0.3 is 19.9 Å². The Balaban J connectivity index is 2.12. The van der Waals surface area contributed by atoms with Crippen LogP contribution in [-0.2, 0) is 15.1 Å². The largest absolute Gasteiger partial charge is 0.495 e. The van der Waals surface area contributed by atoms with Crippen LogP contribution in [0.5, 0.6) is 11.5 Å². The van der Waals surface area contributed by atoms with Crippen molar-refractivity contribution in [3.8, 4) is 11.5 Å². The molecule has 0 heterocycles. The number of halogens is 1. The first kappa shape index (κ1) is 22.9. The predicted molar refractivity (Wildman–Crippen MR) is 116 cm³/mol. The number of carbonyl (C=O) groups excluding carboxylic acids is 1. The number of nitrogens with zero attached hydrogens (tertiary/aromatic N) is 1. The highest BCUT2D eigenvalue weighted by Gasteiger charge is 2.21. The first-order valence-corrected chi connectivity index (χ1v) is 9.67. The lowest BCUT2D eigenvalue weighted by Gasteiger charge is -2.20. The van der Waals surface area contributed by atoms with Crippen LogP contribution in [0.4, 0.5) is 0 Å². The van der Waals surface area contributed by atoms with E-state index in [1.54, 1.807) is 26.4 Å². The fraction of sp³-hybridized carbons (Fsp3) is 0.333. The van der Waals surface area contributed by atoms with E-state index in [4.69, 9.17) is 19.9 Å². The van der Waals surface area contributed by atoms with Crippen molar-refractivity contribution in [2.45, 2.75) is 25.5 Å². The van der Waals surface area contributed by atoms with Gasteiger partial charge in [0.25, 0.3) is 5.91 Å². The summed E-state index contributed by atoms with van der Waals surface area (Å²) in [5.41, 5.74) is 10.5. The number of carbonyl (C=O) groups is 1. The molecule has 0 aliphatic carbocycles. The molecular formula is C21H26BrN3O4. The van der Waals surface area contributed by atoms with E-state index in [0.29, 0.717) is 27.1 Å². The van der Waals surface area contributed by atoms with Gasteiger partial charge in [0, 0.05) is 18.2 Å². The number of nitrogens with one attached hydrogen (secondary N) is 1. The number of methoxy groups -OCH3 is 3. The highest BCUT2D eigenvalue weighted by molar-refractivity contribution is 9.10. The minimum atomic E-state index is -0.795. The second-order valence-corrected chi connectivity index (χ2v) is 7.73. The van der Waals surface area contributed by atoms with Crippen molar-refractivity contribution in [3.63, 3.8) is 0 Å². The molecule has 0 saturated heterocycles. The molecule has 0 aromatic heterocycles. The molecule has 2 aromatic carbocycles. The van der Waals surface area contributed by atoms with E-state index in [2.05, 4.69) is 26.5 Å². The van der Waals surface area contributed by atoms with Crippen molar-refractivity contribution >= 4 is 28.1 Å². The topological polar surface area (TPSA) is 95.2 Å². The van der Waals surface area contributed by atoms with Gasteiger partial charge in [0.1, 0.15) is 16.0 Å².